The van der Waals surface area contributed by atoms with Gasteiger partial charge in [0.1, 0.15) is 0 Å². The maximum Gasteiger partial charge on any atom is 0.163 e. The summed E-state index contributed by atoms with van der Waals surface area (Å²) in [4.78, 5) is 0. The van der Waals surface area contributed by atoms with Crippen LogP contribution in [0.25, 0.3) is 0 Å². The molecule has 1 aliphatic heterocycles. The standard InChI is InChI=1S/C16H16O5/c1-19-14-8-10(6-7-11(14)18)16-15(9-17)20-12-4-2-3-5-13(12)21-16/h2-8,15-18H,9H2,1H3/t15?,16-/m0/s1. The Morgan fingerprint density at radius 2 is 1.81 bits per heavy atom. The maximum absolute atomic E-state index is 9.67. The van der Waals surface area contributed by atoms with Gasteiger partial charge in [0.15, 0.2) is 35.2 Å². The number of hydrogen-bond acceptors (Lipinski definition) is 5. The third kappa shape index (κ3) is 2.48. The number of rotatable bonds is 3. The minimum Gasteiger partial charge on any atom is -0.504 e. The fourth-order valence-electron chi connectivity index (χ4n) is 2.37. The quantitative estimate of drug-likeness (QED) is 0.907. The van der Waals surface area contributed by atoms with Crippen molar-refractivity contribution in [2.45, 2.75) is 12.2 Å². The van der Waals surface area contributed by atoms with Crippen molar-refractivity contribution in [3.8, 4) is 23.0 Å². The van der Waals surface area contributed by atoms with Crippen molar-refractivity contribution in [2.75, 3.05) is 13.7 Å². The number of aliphatic hydroxyl groups is 1. The molecule has 0 saturated carbocycles. The number of aromatic hydroxyl groups is 1. The van der Waals surface area contributed by atoms with E-state index in [-0.39, 0.29) is 12.4 Å². The van der Waals surface area contributed by atoms with E-state index < -0.39 is 12.2 Å². The average Bonchev–Trinajstić information content (AvgIpc) is 2.54. The van der Waals surface area contributed by atoms with Gasteiger partial charge in [0.2, 0.25) is 0 Å². The normalized spacial score (nSPS) is 20.1. The van der Waals surface area contributed by atoms with Gasteiger partial charge >= 0.3 is 0 Å². The second kappa shape index (κ2) is 5.54. The third-order valence-corrected chi connectivity index (χ3v) is 3.43. The van der Waals surface area contributed by atoms with E-state index in [0.717, 1.165) is 5.56 Å². The monoisotopic (exact) mass is 288 g/mol. The van der Waals surface area contributed by atoms with Gasteiger partial charge in [-0.25, -0.2) is 0 Å². The largest absolute Gasteiger partial charge is 0.504 e. The third-order valence-electron chi connectivity index (χ3n) is 3.43. The number of para-hydroxylation sites is 2. The van der Waals surface area contributed by atoms with Crippen LogP contribution in [0.4, 0.5) is 0 Å². The zero-order valence-electron chi connectivity index (χ0n) is 11.5. The van der Waals surface area contributed by atoms with Gasteiger partial charge in [0.05, 0.1) is 13.7 Å². The van der Waals surface area contributed by atoms with E-state index in [1.165, 1.54) is 13.2 Å². The first-order valence-electron chi connectivity index (χ1n) is 6.63. The average molecular weight is 288 g/mol. The Kier molecular flexibility index (Phi) is 3.58. The number of aliphatic hydroxyl groups excluding tert-OH is 1. The van der Waals surface area contributed by atoms with Crippen molar-refractivity contribution >= 4 is 0 Å². The summed E-state index contributed by atoms with van der Waals surface area (Å²) in [6, 6.07) is 12.3. The molecule has 2 atom stereocenters. The molecule has 110 valence electrons. The number of benzene rings is 2. The topological polar surface area (TPSA) is 68.2 Å². The number of hydrogen-bond donors (Lipinski definition) is 2. The van der Waals surface area contributed by atoms with Gasteiger partial charge in [0.25, 0.3) is 0 Å². The number of phenolic OH excluding ortho intramolecular Hbond substituents is 1. The van der Waals surface area contributed by atoms with Gasteiger partial charge in [-0.2, -0.15) is 0 Å². The second-order valence-corrected chi connectivity index (χ2v) is 4.76. The highest BCUT2D eigenvalue weighted by Crippen LogP contribution is 2.40. The number of phenols is 1. The molecule has 0 spiro atoms. The fraction of sp³-hybridized carbons (Fsp3) is 0.250. The highest BCUT2D eigenvalue weighted by molar-refractivity contribution is 5.45. The Labute approximate surface area is 122 Å². The molecule has 0 saturated heterocycles. The molecule has 1 aliphatic rings. The summed E-state index contributed by atoms with van der Waals surface area (Å²) in [7, 11) is 1.48. The minimum atomic E-state index is -0.519. The van der Waals surface area contributed by atoms with Crippen LogP contribution < -0.4 is 14.2 Å². The Morgan fingerprint density at radius 3 is 2.48 bits per heavy atom. The Bertz CT molecular complexity index is 640. The molecular weight excluding hydrogens is 272 g/mol. The summed E-state index contributed by atoms with van der Waals surface area (Å²) < 4.78 is 16.8. The highest BCUT2D eigenvalue weighted by Gasteiger charge is 2.32. The molecule has 1 heterocycles. The Balaban J connectivity index is 1.97. The van der Waals surface area contributed by atoms with E-state index >= 15 is 0 Å². The van der Waals surface area contributed by atoms with E-state index in [9.17, 15) is 10.2 Å². The SMILES string of the molecule is COc1cc([C@@H]2Oc3ccccc3OC2CO)ccc1O. The van der Waals surface area contributed by atoms with Crippen molar-refractivity contribution in [3.63, 3.8) is 0 Å². The lowest BCUT2D eigenvalue weighted by Crippen LogP contribution is -2.36. The second-order valence-electron chi connectivity index (χ2n) is 4.76. The summed E-state index contributed by atoms with van der Waals surface area (Å²) in [5.74, 6) is 1.64. The lowest BCUT2D eigenvalue weighted by atomic mass is 10.0. The smallest absolute Gasteiger partial charge is 0.163 e. The Morgan fingerprint density at radius 1 is 1.10 bits per heavy atom. The van der Waals surface area contributed by atoms with Gasteiger partial charge < -0.3 is 24.4 Å². The van der Waals surface area contributed by atoms with Gasteiger partial charge in [0, 0.05) is 5.56 Å². The van der Waals surface area contributed by atoms with Crippen LogP contribution in [0.1, 0.15) is 11.7 Å². The van der Waals surface area contributed by atoms with Crippen molar-refractivity contribution in [2.24, 2.45) is 0 Å². The summed E-state index contributed by atoms with van der Waals surface area (Å²) in [6.07, 6.45) is -0.992. The molecule has 0 aromatic heterocycles. The van der Waals surface area contributed by atoms with E-state index in [4.69, 9.17) is 14.2 Å². The molecule has 2 N–H and O–H groups in total. The van der Waals surface area contributed by atoms with Crippen molar-refractivity contribution < 1.29 is 24.4 Å². The van der Waals surface area contributed by atoms with Crippen LogP contribution in [0.5, 0.6) is 23.0 Å². The lowest BCUT2D eigenvalue weighted by molar-refractivity contribution is -0.0124. The van der Waals surface area contributed by atoms with E-state index in [1.54, 1.807) is 18.2 Å². The van der Waals surface area contributed by atoms with Crippen LogP contribution in [-0.2, 0) is 0 Å². The van der Waals surface area contributed by atoms with Gasteiger partial charge in [-0.3, -0.25) is 0 Å². The van der Waals surface area contributed by atoms with Crippen LogP contribution in [0.2, 0.25) is 0 Å². The molecule has 5 heteroatoms. The van der Waals surface area contributed by atoms with E-state index in [1.807, 2.05) is 18.2 Å². The first kappa shape index (κ1) is 13.6. The summed E-state index contributed by atoms with van der Waals surface area (Å²) in [6.45, 7) is -0.178. The van der Waals surface area contributed by atoms with Crippen LogP contribution in [0, 0.1) is 0 Å². The molecule has 0 aliphatic carbocycles. The predicted molar refractivity (Wildman–Crippen MR) is 76.0 cm³/mol. The zero-order chi connectivity index (χ0) is 14.8. The summed E-state index contributed by atoms with van der Waals surface area (Å²) in [5.41, 5.74) is 0.762. The molecule has 0 bridgehead atoms. The molecule has 2 aromatic carbocycles. The molecular formula is C16H16O5. The minimum absolute atomic E-state index is 0.0546. The maximum atomic E-state index is 9.67. The van der Waals surface area contributed by atoms with E-state index in [0.29, 0.717) is 17.2 Å². The molecule has 21 heavy (non-hydrogen) atoms. The van der Waals surface area contributed by atoms with E-state index in [2.05, 4.69) is 0 Å². The summed E-state index contributed by atoms with van der Waals surface area (Å²) >= 11 is 0. The van der Waals surface area contributed by atoms with Crippen molar-refractivity contribution in [1.82, 2.24) is 0 Å². The van der Waals surface area contributed by atoms with Gasteiger partial charge in [-0.15, -0.1) is 0 Å². The number of methoxy groups -OCH3 is 1. The first-order chi connectivity index (χ1) is 10.2. The molecule has 0 amide bonds. The molecule has 5 nitrogen and oxygen atoms in total. The van der Waals surface area contributed by atoms with Crippen LogP contribution in [-0.4, -0.2) is 30.0 Å². The molecule has 1 unspecified atom stereocenters. The van der Waals surface area contributed by atoms with Gasteiger partial charge in [-0.1, -0.05) is 18.2 Å². The predicted octanol–water partition coefficient (Wildman–Crippen LogP) is 2.27. The highest BCUT2D eigenvalue weighted by atomic mass is 16.6. The summed E-state index contributed by atoms with van der Waals surface area (Å²) in [5, 5.41) is 19.2. The Hall–Kier alpha value is -2.40. The molecule has 3 rings (SSSR count). The molecule has 2 aromatic rings. The number of ether oxygens (including phenoxy) is 3. The van der Waals surface area contributed by atoms with Crippen molar-refractivity contribution in [1.29, 1.82) is 0 Å². The molecule has 0 fully saturated rings. The van der Waals surface area contributed by atoms with Crippen LogP contribution in [0.15, 0.2) is 42.5 Å². The fourth-order valence-corrected chi connectivity index (χ4v) is 2.37. The van der Waals surface area contributed by atoms with Gasteiger partial charge in [-0.05, 0) is 24.3 Å². The van der Waals surface area contributed by atoms with Crippen LogP contribution >= 0.6 is 0 Å². The molecule has 0 radical (unpaired) electrons. The first-order valence-corrected chi connectivity index (χ1v) is 6.63. The lowest BCUT2D eigenvalue weighted by Gasteiger charge is -2.33. The zero-order valence-corrected chi connectivity index (χ0v) is 11.5. The van der Waals surface area contributed by atoms with Crippen molar-refractivity contribution in [3.05, 3.63) is 48.0 Å². The number of fused-ring (bicyclic) bond motifs is 1. The van der Waals surface area contributed by atoms with Crippen LogP contribution in [0.3, 0.4) is 0 Å².